The summed E-state index contributed by atoms with van der Waals surface area (Å²) in [5.41, 5.74) is 3.20. The van der Waals surface area contributed by atoms with E-state index in [1.54, 1.807) is 4.90 Å². The summed E-state index contributed by atoms with van der Waals surface area (Å²) in [6.45, 7) is 5.47. The first-order valence-electron chi connectivity index (χ1n) is 11.0. The number of piperidine rings is 1. The molecule has 0 atom stereocenters. The average molecular weight is 407 g/mol. The van der Waals surface area contributed by atoms with Crippen LogP contribution in [-0.4, -0.2) is 48.7 Å². The van der Waals surface area contributed by atoms with Crippen LogP contribution in [0.2, 0.25) is 0 Å². The van der Waals surface area contributed by atoms with Crippen LogP contribution in [0.25, 0.3) is 0 Å². The Labute approximate surface area is 180 Å². The van der Waals surface area contributed by atoms with Crippen molar-refractivity contribution < 1.29 is 9.59 Å². The summed E-state index contributed by atoms with van der Waals surface area (Å²) in [7, 11) is 1.83. The molecule has 0 aliphatic carbocycles. The zero-order valence-corrected chi connectivity index (χ0v) is 18.3. The lowest BCUT2D eigenvalue weighted by atomic mass is 9.76. The summed E-state index contributed by atoms with van der Waals surface area (Å²) in [4.78, 5) is 29.0. The predicted octanol–water partition coefficient (Wildman–Crippen LogP) is 4.26. The Balaban J connectivity index is 1.45. The Morgan fingerprint density at radius 2 is 1.70 bits per heavy atom. The van der Waals surface area contributed by atoms with Crippen LogP contribution in [0.5, 0.6) is 0 Å². The molecule has 0 unspecified atom stereocenters. The van der Waals surface area contributed by atoms with Crippen LogP contribution >= 0.6 is 0 Å². The first-order chi connectivity index (χ1) is 14.5. The summed E-state index contributed by atoms with van der Waals surface area (Å²) >= 11 is 0. The highest BCUT2D eigenvalue weighted by Gasteiger charge is 2.37. The Hall–Kier alpha value is -2.46. The van der Waals surface area contributed by atoms with E-state index in [2.05, 4.69) is 60.4 Å². The van der Waals surface area contributed by atoms with Crippen LogP contribution in [0, 0.1) is 12.3 Å². The Morgan fingerprint density at radius 3 is 2.33 bits per heavy atom. The fourth-order valence-electron chi connectivity index (χ4n) is 4.20. The van der Waals surface area contributed by atoms with Gasteiger partial charge in [-0.25, -0.2) is 0 Å². The molecule has 2 aromatic rings. The number of rotatable bonds is 9. The van der Waals surface area contributed by atoms with Crippen LogP contribution in [0.1, 0.15) is 42.4 Å². The summed E-state index contributed by atoms with van der Waals surface area (Å²) in [5.74, 6) is 0.0557. The molecule has 1 fully saturated rings. The van der Waals surface area contributed by atoms with Crippen molar-refractivity contribution in [2.45, 2.75) is 45.6 Å². The average Bonchev–Trinajstić information content (AvgIpc) is 2.77. The molecule has 160 valence electrons. The molecule has 0 aromatic heterocycles. The lowest BCUT2D eigenvalue weighted by Crippen LogP contribution is -2.44. The first-order valence-corrected chi connectivity index (χ1v) is 11.0. The summed E-state index contributed by atoms with van der Waals surface area (Å²) < 4.78 is 0. The lowest BCUT2D eigenvalue weighted by molar-refractivity contribution is -0.137. The molecule has 0 N–H and O–H groups in total. The minimum absolute atomic E-state index is 0.0557. The van der Waals surface area contributed by atoms with E-state index in [-0.39, 0.29) is 5.91 Å². The van der Waals surface area contributed by atoms with Gasteiger partial charge < -0.3 is 14.6 Å². The van der Waals surface area contributed by atoms with Gasteiger partial charge in [-0.3, -0.25) is 4.79 Å². The Bertz CT molecular complexity index is 809. The standard InChI is InChI=1S/C26H34N2O2/c1-22-10-12-24(13-11-22)20-27(2)25(30)19-26(21-29)14-17-28(18-15-26)16-6-9-23-7-4-3-5-8-23/h3-5,7-8,10-13,21H,6,9,14-20H2,1-2H3. The third kappa shape index (κ3) is 6.27. The van der Waals surface area contributed by atoms with Gasteiger partial charge in [-0.2, -0.15) is 0 Å². The highest BCUT2D eigenvalue weighted by atomic mass is 16.2. The van der Waals surface area contributed by atoms with Gasteiger partial charge in [-0.15, -0.1) is 0 Å². The van der Waals surface area contributed by atoms with E-state index >= 15 is 0 Å². The van der Waals surface area contributed by atoms with Gasteiger partial charge in [0.05, 0.1) is 0 Å². The van der Waals surface area contributed by atoms with Crippen molar-refractivity contribution in [1.82, 2.24) is 9.80 Å². The predicted molar refractivity (Wildman–Crippen MR) is 121 cm³/mol. The minimum atomic E-state index is -0.505. The number of hydrogen-bond donors (Lipinski definition) is 0. The number of carbonyl (C=O) groups excluding carboxylic acids is 2. The van der Waals surface area contributed by atoms with Crippen molar-refractivity contribution in [3.05, 3.63) is 71.3 Å². The highest BCUT2D eigenvalue weighted by molar-refractivity contribution is 5.80. The molecule has 0 radical (unpaired) electrons. The molecule has 30 heavy (non-hydrogen) atoms. The van der Waals surface area contributed by atoms with Gasteiger partial charge in [0, 0.05) is 25.4 Å². The van der Waals surface area contributed by atoms with E-state index in [4.69, 9.17) is 0 Å². The number of carbonyl (C=O) groups is 2. The van der Waals surface area contributed by atoms with E-state index in [0.717, 1.165) is 57.2 Å². The third-order valence-electron chi connectivity index (χ3n) is 6.35. The van der Waals surface area contributed by atoms with Gasteiger partial charge in [-0.1, -0.05) is 60.2 Å². The number of amides is 1. The van der Waals surface area contributed by atoms with Crippen molar-refractivity contribution in [2.24, 2.45) is 5.41 Å². The molecule has 0 bridgehead atoms. The van der Waals surface area contributed by atoms with Gasteiger partial charge >= 0.3 is 0 Å². The van der Waals surface area contributed by atoms with E-state index in [1.807, 2.05) is 13.1 Å². The maximum Gasteiger partial charge on any atom is 0.223 e. The molecule has 1 amide bonds. The van der Waals surface area contributed by atoms with Gasteiger partial charge in [0.25, 0.3) is 0 Å². The fourth-order valence-corrected chi connectivity index (χ4v) is 4.20. The van der Waals surface area contributed by atoms with Crippen LogP contribution < -0.4 is 0 Å². The fraction of sp³-hybridized carbons (Fsp3) is 0.462. The Morgan fingerprint density at radius 1 is 1.03 bits per heavy atom. The maximum atomic E-state index is 12.8. The number of aryl methyl sites for hydroxylation is 2. The largest absolute Gasteiger partial charge is 0.341 e. The quantitative estimate of drug-likeness (QED) is 0.584. The second kappa shape index (κ2) is 10.5. The monoisotopic (exact) mass is 406 g/mol. The molecule has 4 nitrogen and oxygen atoms in total. The normalized spacial score (nSPS) is 16.2. The zero-order chi connectivity index (χ0) is 21.4. The van der Waals surface area contributed by atoms with E-state index in [1.165, 1.54) is 11.1 Å². The van der Waals surface area contributed by atoms with Crippen molar-refractivity contribution in [2.75, 3.05) is 26.7 Å². The van der Waals surface area contributed by atoms with Gasteiger partial charge in [0.1, 0.15) is 6.29 Å². The number of nitrogens with zero attached hydrogens (tertiary/aromatic N) is 2. The van der Waals surface area contributed by atoms with E-state index in [9.17, 15) is 9.59 Å². The van der Waals surface area contributed by atoms with Gasteiger partial charge in [-0.05, 0) is 63.4 Å². The van der Waals surface area contributed by atoms with Crippen molar-refractivity contribution in [3.63, 3.8) is 0 Å². The molecule has 1 heterocycles. The molecule has 1 aliphatic heterocycles. The maximum absolute atomic E-state index is 12.8. The molecule has 4 heteroatoms. The lowest BCUT2D eigenvalue weighted by Gasteiger charge is -2.38. The Kier molecular flexibility index (Phi) is 7.81. The molecule has 1 saturated heterocycles. The number of benzene rings is 2. The second-order valence-corrected chi connectivity index (χ2v) is 8.82. The second-order valence-electron chi connectivity index (χ2n) is 8.82. The molecular formula is C26H34N2O2. The molecule has 0 spiro atoms. The molecule has 3 rings (SSSR count). The van der Waals surface area contributed by atoms with Crippen molar-refractivity contribution in [1.29, 1.82) is 0 Å². The van der Waals surface area contributed by atoms with Crippen molar-refractivity contribution >= 4 is 12.2 Å². The number of hydrogen-bond acceptors (Lipinski definition) is 3. The summed E-state index contributed by atoms with van der Waals surface area (Å²) in [5, 5.41) is 0. The summed E-state index contributed by atoms with van der Waals surface area (Å²) in [6, 6.07) is 18.8. The van der Waals surface area contributed by atoms with Crippen LogP contribution in [0.4, 0.5) is 0 Å². The zero-order valence-electron chi connectivity index (χ0n) is 18.3. The SMILES string of the molecule is Cc1ccc(CN(C)C(=O)CC2(C=O)CCN(CCCc3ccccc3)CC2)cc1. The smallest absolute Gasteiger partial charge is 0.223 e. The third-order valence-corrected chi connectivity index (χ3v) is 6.35. The molecular weight excluding hydrogens is 372 g/mol. The number of likely N-dealkylation sites (tertiary alicyclic amines) is 1. The molecule has 0 saturated carbocycles. The molecule has 2 aromatic carbocycles. The van der Waals surface area contributed by atoms with E-state index in [0.29, 0.717) is 13.0 Å². The van der Waals surface area contributed by atoms with Crippen molar-refractivity contribution in [3.8, 4) is 0 Å². The minimum Gasteiger partial charge on any atom is -0.341 e. The van der Waals surface area contributed by atoms with Crippen LogP contribution in [-0.2, 0) is 22.6 Å². The topological polar surface area (TPSA) is 40.6 Å². The summed E-state index contributed by atoms with van der Waals surface area (Å²) in [6.07, 6.45) is 5.11. The molecule has 1 aliphatic rings. The first kappa shape index (κ1) is 22.2. The van der Waals surface area contributed by atoms with Crippen LogP contribution in [0.3, 0.4) is 0 Å². The van der Waals surface area contributed by atoms with E-state index < -0.39 is 5.41 Å². The number of aldehydes is 1. The van der Waals surface area contributed by atoms with Crippen LogP contribution in [0.15, 0.2) is 54.6 Å². The van der Waals surface area contributed by atoms with Gasteiger partial charge in [0.15, 0.2) is 0 Å². The van der Waals surface area contributed by atoms with Gasteiger partial charge in [0.2, 0.25) is 5.91 Å². The highest BCUT2D eigenvalue weighted by Crippen LogP contribution is 2.33.